The van der Waals surface area contributed by atoms with E-state index in [4.69, 9.17) is 5.11 Å². The van der Waals surface area contributed by atoms with Crippen molar-refractivity contribution in [2.45, 2.75) is 38.1 Å². The molecule has 0 saturated heterocycles. The topological polar surface area (TPSA) is 49.3 Å². The Kier molecular flexibility index (Phi) is 4.28. The van der Waals surface area contributed by atoms with Gasteiger partial charge in [-0.3, -0.25) is 4.79 Å². The average molecular weight is 283 g/mol. The molecule has 1 saturated carbocycles. The molecule has 1 fully saturated rings. The first-order chi connectivity index (χ1) is 5.75. The van der Waals surface area contributed by atoms with Crippen LogP contribution in [0, 0.1) is 5.92 Å². The number of carboxylic acid groups (broad SMARTS) is 1. The molecule has 4 heteroatoms. The molecule has 0 aliphatic heterocycles. The van der Waals surface area contributed by atoms with Gasteiger partial charge in [-0.25, -0.2) is 3.53 Å². The number of nitrogens with one attached hydrogen (secondary N) is 1. The summed E-state index contributed by atoms with van der Waals surface area (Å²) in [5.74, 6) is -0.371. The van der Waals surface area contributed by atoms with Crippen LogP contribution in [0.25, 0.3) is 0 Å². The maximum absolute atomic E-state index is 10.8. The number of hydrogen-bond donors (Lipinski definition) is 2. The van der Waals surface area contributed by atoms with Gasteiger partial charge < -0.3 is 5.11 Å². The molecule has 0 spiro atoms. The number of halogens is 1. The Labute approximate surface area is 86.4 Å². The zero-order valence-corrected chi connectivity index (χ0v) is 9.08. The maximum Gasteiger partial charge on any atom is 0.321 e. The number of rotatable bonds is 3. The van der Waals surface area contributed by atoms with E-state index in [1.165, 1.54) is 19.3 Å². The van der Waals surface area contributed by atoms with Crippen LogP contribution in [0.4, 0.5) is 0 Å². The molecule has 1 aliphatic rings. The van der Waals surface area contributed by atoms with E-state index >= 15 is 0 Å². The summed E-state index contributed by atoms with van der Waals surface area (Å²) in [7, 11) is 0. The summed E-state index contributed by atoms with van der Waals surface area (Å²) in [6, 6.07) is -0.342. The summed E-state index contributed by atoms with van der Waals surface area (Å²) in [5, 5.41) is 8.86. The highest BCUT2D eigenvalue weighted by molar-refractivity contribution is 14.1. The first kappa shape index (κ1) is 10.2. The fourth-order valence-electron chi connectivity index (χ4n) is 1.80. The van der Waals surface area contributed by atoms with Gasteiger partial charge in [0.2, 0.25) is 0 Å². The molecule has 12 heavy (non-hydrogen) atoms. The van der Waals surface area contributed by atoms with Crippen molar-refractivity contribution in [3.63, 3.8) is 0 Å². The van der Waals surface area contributed by atoms with E-state index < -0.39 is 5.97 Å². The van der Waals surface area contributed by atoms with Crippen LogP contribution in [0.1, 0.15) is 32.1 Å². The molecule has 0 aromatic carbocycles. The van der Waals surface area contributed by atoms with E-state index in [0.717, 1.165) is 12.8 Å². The van der Waals surface area contributed by atoms with Gasteiger partial charge >= 0.3 is 5.97 Å². The van der Waals surface area contributed by atoms with Gasteiger partial charge in [0.25, 0.3) is 0 Å². The lowest BCUT2D eigenvalue weighted by molar-refractivity contribution is -0.140. The van der Waals surface area contributed by atoms with Gasteiger partial charge in [-0.2, -0.15) is 0 Å². The molecule has 0 aromatic heterocycles. The predicted octanol–water partition coefficient (Wildman–Crippen LogP) is 1.96. The van der Waals surface area contributed by atoms with Crippen molar-refractivity contribution in [1.29, 1.82) is 0 Å². The van der Waals surface area contributed by atoms with Gasteiger partial charge in [-0.05, 0) is 18.8 Å². The fraction of sp³-hybridized carbons (Fsp3) is 0.875. The Morgan fingerprint density at radius 3 is 2.42 bits per heavy atom. The summed E-state index contributed by atoms with van der Waals surface area (Å²) < 4.78 is 2.84. The smallest absolute Gasteiger partial charge is 0.321 e. The highest BCUT2D eigenvalue weighted by Crippen LogP contribution is 2.26. The van der Waals surface area contributed by atoms with E-state index in [1.54, 1.807) is 0 Å². The summed E-state index contributed by atoms with van der Waals surface area (Å²) in [6.45, 7) is 0. The molecule has 3 nitrogen and oxygen atoms in total. The third-order valence-corrected chi connectivity index (χ3v) is 3.18. The summed E-state index contributed by atoms with van der Waals surface area (Å²) in [5.41, 5.74) is 0. The minimum absolute atomic E-state index is 0.341. The zero-order chi connectivity index (χ0) is 8.97. The number of carboxylic acids is 1. The van der Waals surface area contributed by atoms with Crippen LogP contribution in [0.3, 0.4) is 0 Å². The summed E-state index contributed by atoms with van der Waals surface area (Å²) >= 11 is 1.94. The molecule has 1 rings (SSSR count). The van der Waals surface area contributed by atoms with Crippen LogP contribution in [0.15, 0.2) is 0 Å². The quantitative estimate of drug-likeness (QED) is 0.615. The fourth-order valence-corrected chi connectivity index (χ4v) is 2.58. The van der Waals surface area contributed by atoms with Crippen LogP contribution in [-0.2, 0) is 4.79 Å². The Hall–Kier alpha value is 0.160. The average Bonchev–Trinajstić information content (AvgIpc) is 2.07. The molecule has 0 aromatic rings. The van der Waals surface area contributed by atoms with Gasteiger partial charge in [-0.1, -0.05) is 19.3 Å². The minimum atomic E-state index is -0.712. The lowest BCUT2D eigenvalue weighted by atomic mass is 9.84. The molecule has 1 aliphatic carbocycles. The molecule has 0 amide bonds. The minimum Gasteiger partial charge on any atom is -0.480 e. The second-order valence-corrected chi connectivity index (χ2v) is 3.95. The van der Waals surface area contributed by atoms with Gasteiger partial charge in [0, 0.05) is 22.9 Å². The van der Waals surface area contributed by atoms with Crippen molar-refractivity contribution in [2.75, 3.05) is 0 Å². The van der Waals surface area contributed by atoms with Crippen molar-refractivity contribution in [2.24, 2.45) is 5.92 Å². The molecule has 0 heterocycles. The van der Waals surface area contributed by atoms with Crippen molar-refractivity contribution in [3.05, 3.63) is 0 Å². The van der Waals surface area contributed by atoms with E-state index in [-0.39, 0.29) is 6.04 Å². The van der Waals surface area contributed by atoms with Crippen molar-refractivity contribution >= 4 is 28.8 Å². The van der Waals surface area contributed by atoms with Crippen LogP contribution in [0.2, 0.25) is 0 Å². The van der Waals surface area contributed by atoms with E-state index in [9.17, 15) is 4.79 Å². The molecular weight excluding hydrogens is 269 g/mol. The van der Waals surface area contributed by atoms with E-state index in [2.05, 4.69) is 3.53 Å². The number of aliphatic carboxylic acids is 1. The highest BCUT2D eigenvalue weighted by Gasteiger charge is 2.27. The highest BCUT2D eigenvalue weighted by atomic mass is 127. The summed E-state index contributed by atoms with van der Waals surface area (Å²) in [4.78, 5) is 10.8. The Bertz CT molecular complexity index is 157. The largest absolute Gasteiger partial charge is 0.480 e. The number of hydrogen-bond acceptors (Lipinski definition) is 2. The Morgan fingerprint density at radius 2 is 2.00 bits per heavy atom. The van der Waals surface area contributed by atoms with Crippen molar-refractivity contribution < 1.29 is 9.90 Å². The van der Waals surface area contributed by atoms with E-state index in [1.807, 2.05) is 22.9 Å². The second kappa shape index (κ2) is 5.01. The summed E-state index contributed by atoms with van der Waals surface area (Å²) in [6.07, 6.45) is 5.77. The SMILES string of the molecule is O=C(O)[C@@H](NI)C1CCCCC1. The first-order valence-electron chi connectivity index (χ1n) is 4.34. The van der Waals surface area contributed by atoms with Crippen LogP contribution in [-0.4, -0.2) is 17.1 Å². The van der Waals surface area contributed by atoms with Crippen LogP contribution < -0.4 is 3.53 Å². The van der Waals surface area contributed by atoms with E-state index in [0.29, 0.717) is 5.92 Å². The van der Waals surface area contributed by atoms with Gasteiger partial charge in [-0.15, -0.1) is 0 Å². The third kappa shape index (κ3) is 2.58. The predicted molar refractivity (Wildman–Crippen MR) is 55.2 cm³/mol. The van der Waals surface area contributed by atoms with Gasteiger partial charge in [0.05, 0.1) is 0 Å². The molecule has 70 valence electrons. The van der Waals surface area contributed by atoms with Gasteiger partial charge in [0.15, 0.2) is 0 Å². The molecule has 2 N–H and O–H groups in total. The normalized spacial score (nSPS) is 22.1. The molecule has 0 unspecified atom stereocenters. The molecule has 0 bridgehead atoms. The maximum atomic E-state index is 10.8. The third-order valence-electron chi connectivity index (χ3n) is 2.50. The lowest BCUT2D eigenvalue weighted by Crippen LogP contribution is -2.38. The number of carbonyl (C=O) groups is 1. The van der Waals surface area contributed by atoms with Crippen molar-refractivity contribution in [3.8, 4) is 0 Å². The molecular formula is C8H14INO2. The standard InChI is InChI=1S/C8H14INO2/c9-10-7(8(11)12)6-4-2-1-3-5-6/h6-7,10H,1-5H2,(H,11,12)/t7-/m0/s1. The Morgan fingerprint density at radius 1 is 1.42 bits per heavy atom. The molecule has 0 radical (unpaired) electrons. The monoisotopic (exact) mass is 283 g/mol. The van der Waals surface area contributed by atoms with Crippen molar-refractivity contribution in [1.82, 2.24) is 3.53 Å². The van der Waals surface area contributed by atoms with Crippen LogP contribution in [0.5, 0.6) is 0 Å². The lowest BCUT2D eigenvalue weighted by Gasteiger charge is -2.26. The zero-order valence-electron chi connectivity index (χ0n) is 6.92. The Balaban J connectivity index is 2.46. The molecule has 1 atom stereocenters. The first-order valence-corrected chi connectivity index (χ1v) is 5.42. The van der Waals surface area contributed by atoms with Gasteiger partial charge in [0.1, 0.15) is 6.04 Å². The van der Waals surface area contributed by atoms with Crippen LogP contribution >= 0.6 is 22.9 Å². The second-order valence-electron chi connectivity index (χ2n) is 3.32.